The van der Waals surface area contributed by atoms with E-state index in [0.717, 1.165) is 32.0 Å². The largest absolute Gasteiger partial charge is 0.369 e. The van der Waals surface area contributed by atoms with Crippen molar-refractivity contribution in [1.29, 1.82) is 0 Å². The number of hydrogen-bond acceptors (Lipinski definition) is 4. The monoisotopic (exact) mass is 411 g/mol. The lowest BCUT2D eigenvalue weighted by atomic mass is 10.0. The van der Waals surface area contributed by atoms with Crippen molar-refractivity contribution in [3.05, 3.63) is 64.7 Å². The average Bonchev–Trinajstić information content (AvgIpc) is 3.22. The van der Waals surface area contributed by atoms with Gasteiger partial charge in [0.2, 0.25) is 0 Å². The number of imide groups is 2. The Morgan fingerprint density at radius 3 is 2.47 bits per heavy atom. The molecule has 0 saturated carbocycles. The van der Waals surface area contributed by atoms with E-state index in [-0.39, 0.29) is 11.3 Å². The number of aryl methyl sites for hydroxylation is 1. The summed E-state index contributed by atoms with van der Waals surface area (Å²) in [6.07, 6.45) is 3.26. The summed E-state index contributed by atoms with van der Waals surface area (Å²) in [5, 5.41) is 2.07. The molecule has 30 heavy (non-hydrogen) atoms. The summed E-state index contributed by atoms with van der Waals surface area (Å²) in [7, 11) is 0. The summed E-state index contributed by atoms with van der Waals surface area (Å²) >= 11 is 0. The van der Waals surface area contributed by atoms with Crippen molar-refractivity contribution in [2.75, 3.05) is 22.9 Å². The highest BCUT2D eigenvalue weighted by Crippen LogP contribution is 2.29. The third-order valence-electron chi connectivity index (χ3n) is 5.25. The van der Waals surface area contributed by atoms with Gasteiger partial charge in [-0.2, -0.15) is 0 Å². The van der Waals surface area contributed by atoms with E-state index in [1.807, 2.05) is 4.90 Å². The molecule has 2 heterocycles. The first kappa shape index (κ1) is 19.8. The number of nitrogens with zero attached hydrogens (tertiary/aromatic N) is 2. The van der Waals surface area contributed by atoms with E-state index in [1.54, 1.807) is 13.0 Å². The van der Waals surface area contributed by atoms with Gasteiger partial charge < -0.3 is 4.90 Å². The van der Waals surface area contributed by atoms with Gasteiger partial charge in [-0.3, -0.25) is 14.9 Å². The number of barbiturate groups is 1. The molecule has 0 unspecified atom stereocenters. The third kappa shape index (κ3) is 3.56. The van der Waals surface area contributed by atoms with Crippen molar-refractivity contribution in [2.45, 2.75) is 19.8 Å². The van der Waals surface area contributed by atoms with Crippen LogP contribution >= 0.6 is 0 Å². The maximum atomic E-state index is 14.7. The van der Waals surface area contributed by atoms with Crippen molar-refractivity contribution >= 4 is 35.3 Å². The van der Waals surface area contributed by atoms with Crippen molar-refractivity contribution in [3.63, 3.8) is 0 Å². The first-order chi connectivity index (χ1) is 14.3. The molecule has 6 nitrogen and oxygen atoms in total. The van der Waals surface area contributed by atoms with Crippen molar-refractivity contribution in [1.82, 2.24) is 5.32 Å². The summed E-state index contributed by atoms with van der Waals surface area (Å²) in [4.78, 5) is 40.0. The van der Waals surface area contributed by atoms with Crippen LogP contribution in [0.2, 0.25) is 0 Å². The number of amides is 4. The molecule has 0 bridgehead atoms. The number of anilines is 2. The minimum atomic E-state index is -0.972. The van der Waals surface area contributed by atoms with Crippen LogP contribution in [0.4, 0.5) is 25.0 Å². The molecular weight excluding hydrogens is 392 g/mol. The molecule has 0 spiro atoms. The Kier molecular flexibility index (Phi) is 5.07. The van der Waals surface area contributed by atoms with Crippen LogP contribution in [-0.4, -0.2) is 30.9 Å². The van der Waals surface area contributed by atoms with E-state index in [1.165, 1.54) is 30.3 Å². The molecule has 0 radical (unpaired) electrons. The van der Waals surface area contributed by atoms with Crippen LogP contribution in [0.15, 0.2) is 42.0 Å². The van der Waals surface area contributed by atoms with E-state index in [9.17, 15) is 23.2 Å². The second-order valence-electron chi connectivity index (χ2n) is 7.29. The van der Waals surface area contributed by atoms with Gasteiger partial charge in [-0.05, 0) is 67.3 Å². The van der Waals surface area contributed by atoms with E-state index in [4.69, 9.17) is 0 Å². The fourth-order valence-corrected chi connectivity index (χ4v) is 3.70. The van der Waals surface area contributed by atoms with Crippen molar-refractivity contribution in [2.24, 2.45) is 0 Å². The van der Waals surface area contributed by atoms with E-state index < -0.39 is 29.5 Å². The molecule has 154 valence electrons. The predicted octanol–water partition coefficient (Wildman–Crippen LogP) is 3.54. The average molecular weight is 411 g/mol. The van der Waals surface area contributed by atoms with Gasteiger partial charge in [0.15, 0.2) is 0 Å². The number of hydrogen-bond donors (Lipinski definition) is 1. The van der Waals surface area contributed by atoms with Crippen LogP contribution in [0.25, 0.3) is 6.08 Å². The molecule has 1 N–H and O–H groups in total. The SMILES string of the molecule is Cc1cc(N2CCCC2)c(F)cc1/C=C1\C(=O)NC(=O)N(c2cccc(F)c2)C1=O. The zero-order valence-corrected chi connectivity index (χ0v) is 16.2. The molecule has 0 atom stereocenters. The fourth-order valence-electron chi connectivity index (χ4n) is 3.70. The number of carbonyl (C=O) groups is 3. The van der Waals surface area contributed by atoms with Gasteiger partial charge in [0.25, 0.3) is 11.8 Å². The van der Waals surface area contributed by atoms with Crippen LogP contribution in [0.5, 0.6) is 0 Å². The Bertz CT molecular complexity index is 1090. The molecule has 2 saturated heterocycles. The lowest BCUT2D eigenvalue weighted by Gasteiger charge is -2.26. The molecule has 8 heteroatoms. The summed E-state index contributed by atoms with van der Waals surface area (Å²) in [5.74, 6) is -2.87. The maximum absolute atomic E-state index is 14.7. The zero-order valence-electron chi connectivity index (χ0n) is 16.2. The molecular formula is C22H19F2N3O3. The second-order valence-corrected chi connectivity index (χ2v) is 7.29. The van der Waals surface area contributed by atoms with E-state index in [2.05, 4.69) is 5.32 Å². The zero-order chi connectivity index (χ0) is 21.4. The highest BCUT2D eigenvalue weighted by atomic mass is 19.1. The fraction of sp³-hybridized carbons (Fsp3) is 0.227. The molecule has 2 aromatic carbocycles. The number of benzene rings is 2. The number of nitrogens with one attached hydrogen (secondary N) is 1. The molecule has 2 aliphatic rings. The summed E-state index contributed by atoms with van der Waals surface area (Å²) < 4.78 is 28.3. The number of urea groups is 1. The maximum Gasteiger partial charge on any atom is 0.335 e. The number of halogens is 2. The molecule has 0 aliphatic carbocycles. The van der Waals surface area contributed by atoms with Gasteiger partial charge >= 0.3 is 6.03 Å². The Hall–Kier alpha value is -3.55. The first-order valence-electron chi connectivity index (χ1n) is 9.57. The Labute approximate surface area is 171 Å². The van der Waals surface area contributed by atoms with E-state index >= 15 is 0 Å². The molecule has 2 aliphatic heterocycles. The molecule has 4 amide bonds. The van der Waals surface area contributed by atoms with Gasteiger partial charge in [0.05, 0.1) is 11.4 Å². The smallest absolute Gasteiger partial charge is 0.335 e. The highest BCUT2D eigenvalue weighted by Gasteiger charge is 2.37. The lowest BCUT2D eigenvalue weighted by molar-refractivity contribution is -0.122. The highest BCUT2D eigenvalue weighted by molar-refractivity contribution is 6.39. The van der Waals surface area contributed by atoms with Gasteiger partial charge in [-0.1, -0.05) is 6.07 Å². The Morgan fingerprint density at radius 2 is 1.77 bits per heavy atom. The van der Waals surface area contributed by atoms with Crippen LogP contribution in [0, 0.1) is 18.6 Å². The normalized spacial score (nSPS) is 18.4. The molecule has 2 fully saturated rings. The standard InChI is InChI=1S/C22H19F2N3O3/c1-13-9-19(26-7-2-3-8-26)18(24)11-14(13)10-17-20(28)25-22(30)27(21(17)29)16-6-4-5-15(23)12-16/h4-6,9-12H,2-3,7-8H2,1H3,(H,25,28,30)/b17-10+. The second kappa shape index (κ2) is 7.70. The topological polar surface area (TPSA) is 69.7 Å². The predicted molar refractivity (Wildman–Crippen MR) is 108 cm³/mol. The summed E-state index contributed by atoms with van der Waals surface area (Å²) in [6, 6.07) is 6.91. The first-order valence-corrected chi connectivity index (χ1v) is 9.57. The Balaban J connectivity index is 1.71. The van der Waals surface area contributed by atoms with Crippen molar-refractivity contribution < 1.29 is 23.2 Å². The Morgan fingerprint density at radius 1 is 1.03 bits per heavy atom. The van der Waals surface area contributed by atoms with Gasteiger partial charge in [-0.25, -0.2) is 18.5 Å². The summed E-state index contributed by atoms with van der Waals surface area (Å²) in [6.45, 7) is 3.32. The number of rotatable bonds is 3. The van der Waals surface area contributed by atoms with Gasteiger partial charge in [0, 0.05) is 13.1 Å². The lowest BCUT2D eigenvalue weighted by Crippen LogP contribution is -2.54. The molecule has 0 aromatic heterocycles. The van der Waals surface area contributed by atoms with Gasteiger partial charge in [-0.15, -0.1) is 0 Å². The quantitative estimate of drug-likeness (QED) is 0.620. The van der Waals surface area contributed by atoms with Gasteiger partial charge in [0.1, 0.15) is 17.2 Å². The van der Waals surface area contributed by atoms with Crippen molar-refractivity contribution in [3.8, 4) is 0 Å². The number of carbonyl (C=O) groups excluding carboxylic acids is 3. The minimum Gasteiger partial charge on any atom is -0.369 e. The molecule has 2 aromatic rings. The minimum absolute atomic E-state index is 0.0109. The third-order valence-corrected chi connectivity index (χ3v) is 5.25. The van der Waals surface area contributed by atoms with E-state index in [0.29, 0.717) is 21.7 Å². The van der Waals surface area contributed by atoms with Crippen LogP contribution in [-0.2, 0) is 9.59 Å². The van der Waals surface area contributed by atoms with Crippen LogP contribution < -0.4 is 15.1 Å². The van der Waals surface area contributed by atoms with Crippen LogP contribution in [0.1, 0.15) is 24.0 Å². The molecule has 4 rings (SSSR count). The summed E-state index contributed by atoms with van der Waals surface area (Å²) in [5.41, 5.74) is 1.17. The van der Waals surface area contributed by atoms with Crippen LogP contribution in [0.3, 0.4) is 0 Å².